The number of aryl methyl sites for hydroxylation is 2. The Bertz CT molecular complexity index is 761. The van der Waals surface area contributed by atoms with Gasteiger partial charge in [-0.05, 0) is 49.7 Å². The summed E-state index contributed by atoms with van der Waals surface area (Å²) >= 11 is 0. The Morgan fingerprint density at radius 1 is 1.25 bits per heavy atom. The van der Waals surface area contributed by atoms with Crippen LogP contribution in [0.25, 0.3) is 0 Å². The number of rotatable bonds is 7. The van der Waals surface area contributed by atoms with Crippen LogP contribution in [0, 0.1) is 5.92 Å². The van der Waals surface area contributed by atoms with E-state index in [0.29, 0.717) is 44.3 Å². The molecule has 1 aliphatic rings. The summed E-state index contributed by atoms with van der Waals surface area (Å²) in [6.45, 7) is 2.02. The van der Waals surface area contributed by atoms with Gasteiger partial charge in [-0.15, -0.1) is 0 Å². The maximum atomic E-state index is 13.1. The van der Waals surface area contributed by atoms with Gasteiger partial charge in [-0.3, -0.25) is 9.48 Å². The third kappa shape index (κ3) is 5.56. The molecule has 1 aromatic heterocycles. The summed E-state index contributed by atoms with van der Waals surface area (Å²) in [4.78, 5) is 18.2. The molecule has 1 saturated heterocycles. The lowest BCUT2D eigenvalue weighted by Gasteiger charge is -2.33. The van der Waals surface area contributed by atoms with E-state index in [0.717, 1.165) is 25.5 Å². The Labute approximate surface area is 162 Å². The first-order valence-electron chi connectivity index (χ1n) is 9.69. The van der Waals surface area contributed by atoms with Gasteiger partial charge in [0.15, 0.2) is 0 Å². The van der Waals surface area contributed by atoms with Gasteiger partial charge in [-0.2, -0.15) is 18.3 Å². The van der Waals surface area contributed by atoms with Gasteiger partial charge in [0, 0.05) is 26.1 Å². The van der Waals surface area contributed by atoms with E-state index in [1.54, 1.807) is 23.1 Å². The molecule has 152 valence electrons. The SMILES string of the molecule is O=C(CCCn1cncn1)N1CCC[C@H](CCc2ccccc2C(F)(F)F)C1. The number of carbonyl (C=O) groups is 1. The molecule has 1 atom stereocenters. The summed E-state index contributed by atoms with van der Waals surface area (Å²) < 4.78 is 41.1. The zero-order valence-electron chi connectivity index (χ0n) is 15.7. The molecule has 5 nitrogen and oxygen atoms in total. The summed E-state index contributed by atoms with van der Waals surface area (Å²) in [5, 5.41) is 4.02. The molecule has 2 heterocycles. The number of halogens is 3. The monoisotopic (exact) mass is 394 g/mol. The predicted octanol–water partition coefficient (Wildman–Crippen LogP) is 3.95. The second kappa shape index (κ2) is 9.21. The number of carbonyl (C=O) groups excluding carboxylic acids is 1. The maximum Gasteiger partial charge on any atom is 0.416 e. The Balaban J connectivity index is 1.48. The Hall–Kier alpha value is -2.38. The summed E-state index contributed by atoms with van der Waals surface area (Å²) in [6, 6.07) is 5.77. The summed E-state index contributed by atoms with van der Waals surface area (Å²) in [6.07, 6.45) is 2.82. The molecular formula is C20H25F3N4O. The van der Waals surface area contributed by atoms with Gasteiger partial charge in [0.25, 0.3) is 0 Å². The fourth-order valence-corrected chi connectivity index (χ4v) is 3.80. The van der Waals surface area contributed by atoms with Crippen LogP contribution in [-0.4, -0.2) is 38.7 Å². The molecule has 8 heteroatoms. The van der Waals surface area contributed by atoms with Gasteiger partial charge in [0.05, 0.1) is 5.56 Å². The van der Waals surface area contributed by atoms with E-state index >= 15 is 0 Å². The first-order chi connectivity index (χ1) is 13.4. The van der Waals surface area contributed by atoms with Gasteiger partial charge in [-0.1, -0.05) is 18.2 Å². The molecule has 1 amide bonds. The molecule has 1 aromatic carbocycles. The molecule has 0 N–H and O–H groups in total. The van der Waals surface area contributed by atoms with Gasteiger partial charge >= 0.3 is 6.18 Å². The number of hydrogen-bond donors (Lipinski definition) is 0. The lowest BCUT2D eigenvalue weighted by molar-refractivity contribution is -0.138. The molecule has 0 bridgehead atoms. The van der Waals surface area contributed by atoms with Crippen LogP contribution in [0.5, 0.6) is 0 Å². The number of nitrogens with zero attached hydrogens (tertiary/aromatic N) is 4. The van der Waals surface area contributed by atoms with E-state index in [4.69, 9.17) is 0 Å². The van der Waals surface area contributed by atoms with Crippen molar-refractivity contribution in [2.24, 2.45) is 5.92 Å². The van der Waals surface area contributed by atoms with Gasteiger partial charge < -0.3 is 4.90 Å². The molecule has 0 unspecified atom stereocenters. The van der Waals surface area contributed by atoms with Crippen LogP contribution in [0.15, 0.2) is 36.9 Å². The van der Waals surface area contributed by atoms with Gasteiger partial charge in [-0.25, -0.2) is 4.98 Å². The van der Waals surface area contributed by atoms with Crippen molar-refractivity contribution >= 4 is 5.91 Å². The number of piperidine rings is 1. The van der Waals surface area contributed by atoms with Crippen LogP contribution < -0.4 is 0 Å². The van der Waals surface area contributed by atoms with Gasteiger partial charge in [0.1, 0.15) is 12.7 Å². The average Bonchev–Trinajstić information content (AvgIpc) is 3.19. The van der Waals surface area contributed by atoms with Crippen molar-refractivity contribution in [3.8, 4) is 0 Å². The van der Waals surface area contributed by atoms with Crippen molar-refractivity contribution in [1.82, 2.24) is 19.7 Å². The molecule has 0 spiro atoms. The highest BCUT2D eigenvalue weighted by molar-refractivity contribution is 5.76. The van der Waals surface area contributed by atoms with Crippen molar-refractivity contribution in [3.63, 3.8) is 0 Å². The second-order valence-corrected chi connectivity index (χ2v) is 7.30. The van der Waals surface area contributed by atoms with E-state index < -0.39 is 11.7 Å². The fourth-order valence-electron chi connectivity index (χ4n) is 3.80. The Kier molecular flexibility index (Phi) is 6.70. The zero-order chi connectivity index (χ0) is 20.0. The molecule has 0 saturated carbocycles. The molecular weight excluding hydrogens is 369 g/mol. The number of aromatic nitrogens is 3. The molecule has 0 radical (unpaired) electrons. The zero-order valence-corrected chi connectivity index (χ0v) is 15.7. The van der Waals surface area contributed by atoms with Crippen LogP contribution in [0.2, 0.25) is 0 Å². The van der Waals surface area contributed by atoms with E-state index in [1.165, 1.54) is 12.4 Å². The van der Waals surface area contributed by atoms with Crippen LogP contribution in [0.3, 0.4) is 0 Å². The Morgan fingerprint density at radius 3 is 2.82 bits per heavy atom. The highest BCUT2D eigenvalue weighted by Crippen LogP contribution is 2.33. The molecule has 3 rings (SSSR count). The van der Waals surface area contributed by atoms with Crippen LogP contribution in [0.4, 0.5) is 13.2 Å². The molecule has 0 aliphatic carbocycles. The van der Waals surface area contributed by atoms with E-state index in [9.17, 15) is 18.0 Å². The Morgan fingerprint density at radius 2 is 2.07 bits per heavy atom. The topological polar surface area (TPSA) is 51.0 Å². The highest BCUT2D eigenvalue weighted by atomic mass is 19.4. The number of hydrogen-bond acceptors (Lipinski definition) is 3. The normalized spacial score (nSPS) is 17.7. The third-order valence-corrected chi connectivity index (χ3v) is 5.26. The first-order valence-corrected chi connectivity index (χ1v) is 9.69. The summed E-state index contributed by atoms with van der Waals surface area (Å²) in [7, 11) is 0. The summed E-state index contributed by atoms with van der Waals surface area (Å²) in [5.74, 6) is 0.356. The van der Waals surface area contributed by atoms with E-state index in [-0.39, 0.29) is 11.8 Å². The minimum Gasteiger partial charge on any atom is -0.342 e. The third-order valence-electron chi connectivity index (χ3n) is 5.26. The number of alkyl halides is 3. The largest absolute Gasteiger partial charge is 0.416 e. The molecule has 1 fully saturated rings. The molecule has 28 heavy (non-hydrogen) atoms. The smallest absolute Gasteiger partial charge is 0.342 e. The fraction of sp³-hybridized carbons (Fsp3) is 0.550. The van der Waals surface area contributed by atoms with Crippen molar-refractivity contribution in [1.29, 1.82) is 0 Å². The number of benzene rings is 1. The number of likely N-dealkylation sites (tertiary alicyclic amines) is 1. The first kappa shape index (κ1) is 20.4. The van der Waals surface area contributed by atoms with Crippen molar-refractivity contribution in [2.75, 3.05) is 13.1 Å². The molecule has 1 aliphatic heterocycles. The number of amides is 1. The quantitative estimate of drug-likeness (QED) is 0.715. The predicted molar refractivity (Wildman–Crippen MR) is 98.3 cm³/mol. The lowest BCUT2D eigenvalue weighted by Crippen LogP contribution is -2.40. The summed E-state index contributed by atoms with van der Waals surface area (Å²) in [5.41, 5.74) is -0.210. The van der Waals surface area contributed by atoms with Crippen LogP contribution in [0.1, 0.15) is 43.2 Å². The van der Waals surface area contributed by atoms with Crippen LogP contribution in [-0.2, 0) is 23.9 Å². The second-order valence-electron chi connectivity index (χ2n) is 7.30. The average molecular weight is 394 g/mol. The van der Waals surface area contributed by atoms with E-state index in [2.05, 4.69) is 10.1 Å². The maximum absolute atomic E-state index is 13.1. The minimum atomic E-state index is -4.32. The van der Waals surface area contributed by atoms with Crippen LogP contribution >= 0.6 is 0 Å². The van der Waals surface area contributed by atoms with Crippen molar-refractivity contribution < 1.29 is 18.0 Å². The minimum absolute atomic E-state index is 0.112. The van der Waals surface area contributed by atoms with E-state index in [1.807, 2.05) is 4.90 Å². The molecule has 2 aromatic rings. The van der Waals surface area contributed by atoms with Crippen molar-refractivity contribution in [2.45, 2.75) is 51.2 Å². The van der Waals surface area contributed by atoms with Crippen molar-refractivity contribution in [3.05, 3.63) is 48.0 Å². The highest BCUT2D eigenvalue weighted by Gasteiger charge is 2.33. The van der Waals surface area contributed by atoms with Gasteiger partial charge in [0.2, 0.25) is 5.91 Å². The standard InChI is InChI=1S/C20H25F3N4O/c21-20(22,23)18-7-2-1-6-17(18)10-9-16-5-3-11-26(13-16)19(28)8-4-12-27-15-24-14-25-27/h1-2,6-7,14-16H,3-5,8-13H2/t16-/m1/s1. The lowest BCUT2D eigenvalue weighted by atomic mass is 9.90.